The van der Waals surface area contributed by atoms with Crippen molar-refractivity contribution in [3.63, 3.8) is 0 Å². The lowest BCUT2D eigenvalue weighted by molar-refractivity contribution is 0.298. The number of methoxy groups -OCH3 is 1. The van der Waals surface area contributed by atoms with Crippen LogP contribution < -0.4 is 9.47 Å². The Hall–Kier alpha value is -3.79. The first kappa shape index (κ1) is 21.1. The van der Waals surface area contributed by atoms with Crippen LogP contribution in [0.2, 0.25) is 0 Å². The molecular weight excluding hydrogens is 408 g/mol. The van der Waals surface area contributed by atoms with E-state index in [0.29, 0.717) is 6.61 Å². The van der Waals surface area contributed by atoms with Crippen molar-refractivity contribution < 1.29 is 9.47 Å². The monoisotopic (exact) mass is 436 g/mol. The molecule has 0 aliphatic rings. The van der Waals surface area contributed by atoms with E-state index in [1.165, 1.54) is 21.9 Å². The summed E-state index contributed by atoms with van der Waals surface area (Å²) in [7, 11) is 1.70. The van der Waals surface area contributed by atoms with Gasteiger partial charge in [0.05, 0.1) is 24.7 Å². The molecule has 33 heavy (non-hydrogen) atoms. The second kappa shape index (κ2) is 8.99. The molecule has 0 radical (unpaired) electrons. The molecule has 0 saturated carbocycles. The zero-order valence-electron chi connectivity index (χ0n) is 19.3. The second-order valence-corrected chi connectivity index (χ2v) is 8.47. The van der Waals surface area contributed by atoms with Crippen molar-refractivity contribution in [2.45, 2.75) is 26.3 Å². The van der Waals surface area contributed by atoms with Gasteiger partial charge < -0.3 is 14.0 Å². The summed E-state index contributed by atoms with van der Waals surface area (Å²) in [5.41, 5.74) is 4.62. The number of hydrogen-bond donors (Lipinski definition) is 0. The topological polar surface area (TPSA) is 36.3 Å². The minimum atomic E-state index is 0.142. The molecule has 0 amide bonds. The van der Waals surface area contributed by atoms with Crippen molar-refractivity contribution in [1.29, 1.82) is 0 Å². The predicted molar refractivity (Wildman–Crippen MR) is 134 cm³/mol. The lowest BCUT2D eigenvalue weighted by Crippen LogP contribution is -2.13. The van der Waals surface area contributed by atoms with Gasteiger partial charge in [-0.1, -0.05) is 61.0 Å². The van der Waals surface area contributed by atoms with Gasteiger partial charge >= 0.3 is 0 Å². The maximum absolute atomic E-state index is 6.04. The van der Waals surface area contributed by atoms with Crippen LogP contribution in [-0.4, -0.2) is 23.3 Å². The Balaban J connectivity index is 1.45. The first-order chi connectivity index (χ1) is 16.1. The number of para-hydroxylation sites is 2. The van der Waals surface area contributed by atoms with Gasteiger partial charge in [-0.05, 0) is 59.7 Å². The lowest BCUT2D eigenvalue weighted by Gasteiger charge is -2.16. The summed E-state index contributed by atoms with van der Waals surface area (Å²) in [6, 6.07) is 29.3. The fourth-order valence-electron chi connectivity index (χ4n) is 4.34. The van der Waals surface area contributed by atoms with E-state index in [9.17, 15) is 0 Å². The van der Waals surface area contributed by atoms with E-state index in [1.54, 1.807) is 7.11 Å². The highest BCUT2D eigenvalue weighted by Gasteiger charge is 2.18. The van der Waals surface area contributed by atoms with Gasteiger partial charge in [0.1, 0.15) is 23.9 Å². The lowest BCUT2D eigenvalue weighted by atomic mass is 9.97. The molecule has 4 aromatic carbocycles. The van der Waals surface area contributed by atoms with E-state index in [1.807, 2.05) is 24.3 Å². The minimum Gasteiger partial charge on any atom is -0.497 e. The summed E-state index contributed by atoms with van der Waals surface area (Å²) in [5.74, 6) is 2.96. The molecule has 166 valence electrons. The number of benzene rings is 4. The normalized spacial score (nSPS) is 12.2. The minimum absolute atomic E-state index is 0.142. The molecule has 1 unspecified atom stereocenters. The van der Waals surface area contributed by atoms with Crippen LogP contribution in [-0.2, 0) is 6.54 Å². The number of nitrogens with zero attached hydrogens (tertiary/aromatic N) is 2. The fraction of sp³-hybridized carbons (Fsp3) is 0.207. The third-order valence-corrected chi connectivity index (χ3v) is 6.25. The molecule has 1 heterocycles. The molecule has 0 aliphatic carbocycles. The molecule has 0 N–H and O–H groups in total. The number of hydrogen-bond acceptors (Lipinski definition) is 3. The van der Waals surface area contributed by atoms with Gasteiger partial charge in [0.2, 0.25) is 0 Å². The molecule has 0 fully saturated rings. The molecule has 0 aliphatic heterocycles. The number of rotatable bonds is 7. The van der Waals surface area contributed by atoms with Crippen molar-refractivity contribution >= 4 is 21.8 Å². The molecule has 1 atom stereocenters. The van der Waals surface area contributed by atoms with Gasteiger partial charge in [-0.25, -0.2) is 4.98 Å². The number of imidazole rings is 1. The predicted octanol–water partition coefficient (Wildman–Crippen LogP) is 6.74. The van der Waals surface area contributed by atoms with E-state index in [2.05, 4.69) is 79.1 Å². The van der Waals surface area contributed by atoms with Gasteiger partial charge in [0.25, 0.3) is 0 Å². The van der Waals surface area contributed by atoms with Crippen molar-refractivity contribution in [3.05, 3.63) is 102 Å². The Bertz CT molecular complexity index is 1400. The van der Waals surface area contributed by atoms with Gasteiger partial charge in [0.15, 0.2) is 0 Å². The summed E-state index contributed by atoms with van der Waals surface area (Å²) in [6.45, 7) is 5.63. The van der Waals surface area contributed by atoms with Gasteiger partial charge in [-0.15, -0.1) is 0 Å². The summed E-state index contributed by atoms with van der Waals surface area (Å²) < 4.78 is 13.7. The van der Waals surface area contributed by atoms with Crippen LogP contribution in [0.4, 0.5) is 0 Å². The summed E-state index contributed by atoms with van der Waals surface area (Å²) in [5, 5.41) is 2.37. The zero-order chi connectivity index (χ0) is 22.8. The van der Waals surface area contributed by atoms with Crippen LogP contribution in [0.25, 0.3) is 21.8 Å². The third-order valence-electron chi connectivity index (χ3n) is 6.25. The standard InChI is InChI=1S/C29H28N2O2/c1-20-8-13-25(14-9-20)33-17-16-31-28-7-5-4-6-27(28)30-29(31)21(2)22-10-11-24-19-26(32-3)15-12-23(24)18-22/h4-15,18-19,21H,16-17H2,1-3H3. The summed E-state index contributed by atoms with van der Waals surface area (Å²) in [4.78, 5) is 5.02. The van der Waals surface area contributed by atoms with Crippen LogP contribution in [0.5, 0.6) is 11.5 Å². The number of aryl methyl sites for hydroxylation is 1. The highest BCUT2D eigenvalue weighted by atomic mass is 16.5. The van der Waals surface area contributed by atoms with Crippen molar-refractivity contribution in [1.82, 2.24) is 9.55 Å². The number of aromatic nitrogens is 2. The van der Waals surface area contributed by atoms with E-state index >= 15 is 0 Å². The van der Waals surface area contributed by atoms with Gasteiger partial charge in [-0.3, -0.25) is 0 Å². The van der Waals surface area contributed by atoms with Gasteiger partial charge in [0, 0.05) is 5.92 Å². The molecule has 0 bridgehead atoms. The Morgan fingerprint density at radius 1 is 0.848 bits per heavy atom. The van der Waals surface area contributed by atoms with Crippen LogP contribution in [0.15, 0.2) is 84.9 Å². The molecule has 1 aromatic heterocycles. The highest BCUT2D eigenvalue weighted by molar-refractivity contribution is 5.85. The average Bonchev–Trinajstić information content (AvgIpc) is 3.22. The molecule has 0 saturated heterocycles. The van der Waals surface area contributed by atoms with Crippen LogP contribution in [0.1, 0.15) is 29.8 Å². The van der Waals surface area contributed by atoms with Crippen molar-refractivity contribution in [3.8, 4) is 11.5 Å². The molecule has 5 rings (SSSR count). The first-order valence-corrected chi connectivity index (χ1v) is 11.3. The first-order valence-electron chi connectivity index (χ1n) is 11.3. The van der Waals surface area contributed by atoms with E-state index in [0.717, 1.165) is 34.9 Å². The van der Waals surface area contributed by atoms with E-state index in [-0.39, 0.29) is 5.92 Å². The Morgan fingerprint density at radius 3 is 2.39 bits per heavy atom. The molecular formula is C29H28N2O2. The quantitative estimate of drug-likeness (QED) is 0.284. The molecule has 0 spiro atoms. The van der Waals surface area contributed by atoms with Crippen molar-refractivity contribution in [2.24, 2.45) is 0 Å². The SMILES string of the molecule is COc1ccc2cc(C(C)c3nc4ccccc4n3CCOc3ccc(C)cc3)ccc2c1. The maximum Gasteiger partial charge on any atom is 0.119 e. The third kappa shape index (κ3) is 4.29. The zero-order valence-corrected chi connectivity index (χ0v) is 19.3. The Morgan fingerprint density at radius 2 is 1.58 bits per heavy atom. The number of fused-ring (bicyclic) bond motifs is 2. The number of ether oxygens (including phenoxy) is 2. The van der Waals surface area contributed by atoms with Gasteiger partial charge in [-0.2, -0.15) is 0 Å². The smallest absolute Gasteiger partial charge is 0.119 e. The Labute approximate surface area is 194 Å². The van der Waals surface area contributed by atoms with Crippen LogP contribution >= 0.6 is 0 Å². The molecule has 5 aromatic rings. The van der Waals surface area contributed by atoms with Crippen LogP contribution in [0.3, 0.4) is 0 Å². The Kier molecular flexibility index (Phi) is 5.74. The largest absolute Gasteiger partial charge is 0.497 e. The fourth-order valence-corrected chi connectivity index (χ4v) is 4.34. The van der Waals surface area contributed by atoms with Crippen molar-refractivity contribution in [2.75, 3.05) is 13.7 Å². The molecule has 4 nitrogen and oxygen atoms in total. The highest BCUT2D eigenvalue weighted by Crippen LogP contribution is 2.30. The second-order valence-electron chi connectivity index (χ2n) is 8.47. The maximum atomic E-state index is 6.04. The average molecular weight is 437 g/mol. The van der Waals surface area contributed by atoms with E-state index in [4.69, 9.17) is 14.5 Å². The summed E-state index contributed by atoms with van der Waals surface area (Å²) >= 11 is 0. The van der Waals surface area contributed by atoms with E-state index < -0.39 is 0 Å². The van der Waals surface area contributed by atoms with Crippen LogP contribution in [0, 0.1) is 6.92 Å². The summed E-state index contributed by atoms with van der Waals surface area (Å²) in [6.07, 6.45) is 0. The molecule has 4 heteroatoms.